The van der Waals surface area contributed by atoms with Crippen LogP contribution >= 0.6 is 15.9 Å². The van der Waals surface area contributed by atoms with Crippen molar-refractivity contribution in [1.82, 2.24) is 9.55 Å². The molecule has 1 N–H and O–H groups in total. The molecule has 1 heterocycles. The van der Waals surface area contributed by atoms with Gasteiger partial charge in [-0.3, -0.25) is 0 Å². The van der Waals surface area contributed by atoms with E-state index in [1.54, 1.807) is 0 Å². The number of aromatic nitrogens is 2. The van der Waals surface area contributed by atoms with Crippen molar-refractivity contribution in [3.8, 4) is 0 Å². The Labute approximate surface area is 139 Å². The molecule has 1 aromatic heterocycles. The Morgan fingerprint density at radius 1 is 1.27 bits per heavy atom. The third-order valence-corrected chi connectivity index (χ3v) is 4.60. The van der Waals surface area contributed by atoms with Crippen LogP contribution in [0.1, 0.15) is 23.6 Å². The molecule has 114 valence electrons. The molecule has 0 amide bonds. The highest BCUT2D eigenvalue weighted by Gasteiger charge is 2.09. The van der Waals surface area contributed by atoms with E-state index in [9.17, 15) is 0 Å². The first-order valence-corrected chi connectivity index (χ1v) is 8.31. The van der Waals surface area contributed by atoms with Crippen molar-refractivity contribution in [2.24, 2.45) is 7.05 Å². The molecular formula is C18H20BrN3. The molecule has 0 fully saturated rings. The summed E-state index contributed by atoms with van der Waals surface area (Å²) in [6, 6.07) is 10.7. The van der Waals surface area contributed by atoms with Crippen LogP contribution in [0.5, 0.6) is 0 Å². The van der Waals surface area contributed by atoms with Crippen LogP contribution in [0.15, 0.2) is 41.1 Å². The van der Waals surface area contributed by atoms with Gasteiger partial charge in [0.05, 0.1) is 17.5 Å². The first-order valence-electron chi connectivity index (χ1n) is 7.52. The number of rotatable bonds is 4. The zero-order valence-electron chi connectivity index (χ0n) is 13.2. The van der Waals surface area contributed by atoms with Crippen LogP contribution in [0.3, 0.4) is 0 Å². The lowest BCUT2D eigenvalue weighted by Gasteiger charge is -2.14. The van der Waals surface area contributed by atoms with E-state index in [0.717, 1.165) is 34.2 Å². The lowest BCUT2D eigenvalue weighted by molar-refractivity contribution is 0.947. The van der Waals surface area contributed by atoms with Gasteiger partial charge in [0.15, 0.2) is 0 Å². The molecule has 0 radical (unpaired) electrons. The fourth-order valence-electron chi connectivity index (χ4n) is 2.86. The quantitative estimate of drug-likeness (QED) is 0.725. The number of fused-ring (bicyclic) bond motifs is 1. The van der Waals surface area contributed by atoms with Gasteiger partial charge in [-0.2, -0.15) is 0 Å². The number of benzene rings is 2. The minimum Gasteiger partial charge on any atom is -0.379 e. The van der Waals surface area contributed by atoms with Gasteiger partial charge in [0, 0.05) is 18.1 Å². The summed E-state index contributed by atoms with van der Waals surface area (Å²) in [4.78, 5) is 4.52. The van der Waals surface area contributed by atoms with Crippen LogP contribution in [0.4, 0.5) is 5.69 Å². The van der Waals surface area contributed by atoms with Gasteiger partial charge in [-0.1, -0.05) is 41.1 Å². The predicted molar refractivity (Wildman–Crippen MR) is 96.3 cm³/mol. The normalized spacial score (nSPS) is 11.1. The Hall–Kier alpha value is -1.81. The summed E-state index contributed by atoms with van der Waals surface area (Å²) in [5.74, 6) is 0. The molecule has 22 heavy (non-hydrogen) atoms. The lowest BCUT2D eigenvalue weighted by Crippen LogP contribution is -2.05. The first kappa shape index (κ1) is 15.1. The van der Waals surface area contributed by atoms with Gasteiger partial charge in [-0.15, -0.1) is 0 Å². The summed E-state index contributed by atoms with van der Waals surface area (Å²) in [5.41, 5.74) is 7.32. The molecule has 0 saturated heterocycles. The van der Waals surface area contributed by atoms with Gasteiger partial charge >= 0.3 is 0 Å². The first-order chi connectivity index (χ1) is 10.6. The van der Waals surface area contributed by atoms with Gasteiger partial charge in [0.1, 0.15) is 5.52 Å². The molecule has 0 aliphatic carbocycles. The highest BCUT2D eigenvalue weighted by atomic mass is 79.9. The van der Waals surface area contributed by atoms with E-state index in [2.05, 4.69) is 70.4 Å². The second-order valence-corrected chi connectivity index (χ2v) is 6.51. The summed E-state index contributed by atoms with van der Waals surface area (Å²) >= 11 is 3.59. The van der Waals surface area contributed by atoms with Crippen LogP contribution in [0.2, 0.25) is 0 Å². The summed E-state index contributed by atoms with van der Waals surface area (Å²) in [7, 11) is 2.02. The lowest BCUT2D eigenvalue weighted by atomic mass is 10.00. The molecule has 0 spiro atoms. The molecule has 0 atom stereocenters. The predicted octanol–water partition coefficient (Wildman–Crippen LogP) is 4.82. The summed E-state index contributed by atoms with van der Waals surface area (Å²) in [5, 5.41) is 3.57. The van der Waals surface area contributed by atoms with Gasteiger partial charge < -0.3 is 9.88 Å². The molecule has 3 aromatic rings. The monoisotopic (exact) mass is 357 g/mol. The molecule has 0 aliphatic heterocycles. The van der Waals surface area contributed by atoms with Crippen LogP contribution in [0.25, 0.3) is 11.0 Å². The minimum atomic E-state index is 0.817. The van der Waals surface area contributed by atoms with Gasteiger partial charge in [-0.25, -0.2) is 4.98 Å². The average Bonchev–Trinajstić information content (AvgIpc) is 2.87. The van der Waals surface area contributed by atoms with E-state index in [1.807, 2.05) is 17.9 Å². The van der Waals surface area contributed by atoms with Crippen molar-refractivity contribution >= 4 is 32.7 Å². The number of anilines is 1. The molecule has 3 nitrogen and oxygen atoms in total. The van der Waals surface area contributed by atoms with Gasteiger partial charge in [-0.05, 0) is 42.2 Å². The van der Waals surface area contributed by atoms with E-state index in [4.69, 9.17) is 0 Å². The number of imidazole rings is 1. The molecule has 3 rings (SSSR count). The van der Waals surface area contributed by atoms with E-state index in [-0.39, 0.29) is 0 Å². The average molecular weight is 358 g/mol. The SMILES string of the molecule is CCc1cccc(C)c1CNc1cc(Br)cc2c1ncn2C. The maximum Gasteiger partial charge on any atom is 0.112 e. The van der Waals surface area contributed by atoms with E-state index in [1.165, 1.54) is 16.7 Å². The molecule has 4 heteroatoms. The Kier molecular flexibility index (Phi) is 4.21. The van der Waals surface area contributed by atoms with Crippen molar-refractivity contribution < 1.29 is 0 Å². The van der Waals surface area contributed by atoms with E-state index < -0.39 is 0 Å². The maximum atomic E-state index is 4.52. The van der Waals surface area contributed by atoms with Gasteiger partial charge in [0.25, 0.3) is 0 Å². The van der Waals surface area contributed by atoms with Crippen molar-refractivity contribution in [1.29, 1.82) is 0 Å². The van der Waals surface area contributed by atoms with Crippen LogP contribution in [0, 0.1) is 6.92 Å². The maximum absolute atomic E-state index is 4.52. The number of nitrogens with one attached hydrogen (secondary N) is 1. The van der Waals surface area contributed by atoms with E-state index in [0.29, 0.717) is 0 Å². The fourth-order valence-corrected chi connectivity index (χ4v) is 3.31. The zero-order chi connectivity index (χ0) is 15.7. The third kappa shape index (κ3) is 2.75. The standard InChI is InChI=1S/C18H20BrN3/c1-4-13-7-5-6-12(2)15(13)10-20-16-8-14(19)9-17-18(16)21-11-22(17)3/h5-9,11,20H,4,10H2,1-3H3. The number of nitrogens with zero attached hydrogens (tertiary/aromatic N) is 2. The van der Waals surface area contributed by atoms with Crippen LogP contribution in [-0.2, 0) is 20.0 Å². The largest absolute Gasteiger partial charge is 0.379 e. The van der Waals surface area contributed by atoms with Crippen molar-refractivity contribution in [3.05, 3.63) is 57.8 Å². The van der Waals surface area contributed by atoms with E-state index >= 15 is 0 Å². The summed E-state index contributed by atoms with van der Waals surface area (Å²) < 4.78 is 3.10. The highest BCUT2D eigenvalue weighted by Crippen LogP contribution is 2.28. The summed E-state index contributed by atoms with van der Waals surface area (Å²) in [6.45, 7) is 5.19. The Morgan fingerprint density at radius 3 is 2.86 bits per heavy atom. The van der Waals surface area contributed by atoms with Gasteiger partial charge in [0.2, 0.25) is 0 Å². The highest BCUT2D eigenvalue weighted by molar-refractivity contribution is 9.10. The smallest absolute Gasteiger partial charge is 0.112 e. The Bertz CT molecular complexity index is 821. The second kappa shape index (κ2) is 6.13. The summed E-state index contributed by atoms with van der Waals surface area (Å²) in [6.07, 6.45) is 2.91. The zero-order valence-corrected chi connectivity index (χ0v) is 14.7. The number of aryl methyl sites for hydroxylation is 3. The van der Waals surface area contributed by atoms with Crippen molar-refractivity contribution in [2.75, 3.05) is 5.32 Å². The van der Waals surface area contributed by atoms with Crippen molar-refractivity contribution in [2.45, 2.75) is 26.8 Å². The minimum absolute atomic E-state index is 0.817. The molecule has 0 aliphatic rings. The number of halogens is 1. The fraction of sp³-hybridized carbons (Fsp3) is 0.278. The second-order valence-electron chi connectivity index (χ2n) is 5.60. The third-order valence-electron chi connectivity index (χ3n) is 4.14. The van der Waals surface area contributed by atoms with Crippen molar-refractivity contribution in [3.63, 3.8) is 0 Å². The Morgan fingerprint density at radius 2 is 2.09 bits per heavy atom. The van der Waals surface area contributed by atoms with Crippen LogP contribution < -0.4 is 5.32 Å². The molecule has 0 bridgehead atoms. The Balaban J connectivity index is 1.95. The topological polar surface area (TPSA) is 29.9 Å². The number of hydrogen-bond donors (Lipinski definition) is 1. The molecular weight excluding hydrogens is 338 g/mol. The van der Waals surface area contributed by atoms with Crippen LogP contribution in [-0.4, -0.2) is 9.55 Å². The molecule has 0 unspecified atom stereocenters. The molecule has 2 aromatic carbocycles. The number of hydrogen-bond acceptors (Lipinski definition) is 2. The molecule has 0 saturated carbocycles.